The first-order chi connectivity index (χ1) is 30.8. The first-order valence-electron chi connectivity index (χ1n) is 21.1. The van der Waals surface area contributed by atoms with E-state index < -0.39 is 5.41 Å². The summed E-state index contributed by atoms with van der Waals surface area (Å²) in [6.45, 7) is 0. The fourth-order valence-corrected chi connectivity index (χ4v) is 9.88. The predicted molar refractivity (Wildman–Crippen MR) is 253 cm³/mol. The molecule has 11 aromatic rings. The van der Waals surface area contributed by atoms with E-state index >= 15 is 0 Å². The Labute approximate surface area is 360 Å². The second-order valence-corrected chi connectivity index (χ2v) is 15.9. The maximum atomic E-state index is 5.06. The van der Waals surface area contributed by atoms with Gasteiger partial charge in [-0.25, -0.2) is 15.0 Å². The molecule has 4 nitrogen and oxygen atoms in total. The van der Waals surface area contributed by atoms with Gasteiger partial charge in [0.15, 0.2) is 17.5 Å². The number of fused-ring (bicyclic) bond motifs is 7. The van der Waals surface area contributed by atoms with E-state index in [0.717, 1.165) is 33.5 Å². The highest BCUT2D eigenvalue weighted by atomic mass is 15.0. The molecule has 0 N–H and O–H groups in total. The maximum Gasteiger partial charge on any atom is 0.164 e. The van der Waals surface area contributed by atoms with Crippen LogP contribution in [0, 0.1) is 0 Å². The summed E-state index contributed by atoms with van der Waals surface area (Å²) in [6, 6.07) is 82.5. The van der Waals surface area contributed by atoms with Gasteiger partial charge in [-0.05, 0) is 63.2 Å². The Morgan fingerprint density at radius 2 is 0.806 bits per heavy atom. The molecule has 0 bridgehead atoms. The molecule has 0 radical (unpaired) electrons. The summed E-state index contributed by atoms with van der Waals surface area (Å²) in [5.41, 5.74) is 15.5. The van der Waals surface area contributed by atoms with Crippen LogP contribution in [0.25, 0.3) is 83.9 Å². The Hall–Kier alpha value is -8.21. The first kappa shape index (κ1) is 35.7. The maximum absolute atomic E-state index is 5.06. The number of hydrogen-bond donors (Lipinski definition) is 0. The Bertz CT molecular complexity index is 3320. The molecule has 290 valence electrons. The van der Waals surface area contributed by atoms with Crippen LogP contribution in [0.3, 0.4) is 0 Å². The molecule has 0 spiro atoms. The van der Waals surface area contributed by atoms with Gasteiger partial charge in [-0.1, -0.05) is 206 Å². The molecule has 0 amide bonds. The van der Waals surface area contributed by atoms with Gasteiger partial charge in [0.25, 0.3) is 0 Å². The van der Waals surface area contributed by atoms with Crippen LogP contribution >= 0.6 is 0 Å². The number of hydrogen-bond acceptors (Lipinski definition) is 3. The summed E-state index contributed by atoms with van der Waals surface area (Å²) >= 11 is 0. The van der Waals surface area contributed by atoms with Crippen molar-refractivity contribution in [3.63, 3.8) is 0 Å². The van der Waals surface area contributed by atoms with Crippen molar-refractivity contribution in [1.29, 1.82) is 0 Å². The Balaban J connectivity index is 1.16. The van der Waals surface area contributed by atoms with Crippen molar-refractivity contribution in [2.45, 2.75) is 5.41 Å². The number of aromatic nitrogens is 4. The molecule has 62 heavy (non-hydrogen) atoms. The third-order valence-corrected chi connectivity index (χ3v) is 12.5. The fourth-order valence-electron chi connectivity index (χ4n) is 9.88. The van der Waals surface area contributed by atoms with Crippen LogP contribution in [0.15, 0.2) is 231 Å². The zero-order chi connectivity index (χ0) is 41.0. The SMILES string of the molecule is c1ccc(-c2nc(-c3ccccc3)nc(-c3ccc(-c4cc5c(c6c7ccccc7n(-c7ccccc7)c46)-c4ccccc4C5(c4ccccc4)c4ccccc4)cc3)n2)cc1. The Kier molecular flexibility index (Phi) is 8.36. The van der Waals surface area contributed by atoms with Gasteiger partial charge in [-0.3, -0.25) is 0 Å². The van der Waals surface area contributed by atoms with Gasteiger partial charge in [0, 0.05) is 38.7 Å². The molecule has 2 heterocycles. The number of rotatable bonds is 7. The summed E-state index contributed by atoms with van der Waals surface area (Å²) in [5.74, 6) is 1.91. The predicted octanol–water partition coefficient (Wildman–Crippen LogP) is 14.0. The smallest absolute Gasteiger partial charge is 0.164 e. The molecule has 9 aromatic carbocycles. The molecular weight excluding hydrogens is 753 g/mol. The van der Waals surface area contributed by atoms with E-state index in [9.17, 15) is 0 Å². The molecule has 0 atom stereocenters. The summed E-state index contributed by atoms with van der Waals surface area (Å²) in [6.07, 6.45) is 0. The second-order valence-electron chi connectivity index (χ2n) is 15.9. The van der Waals surface area contributed by atoms with Crippen molar-refractivity contribution in [3.8, 4) is 62.1 Å². The average molecular weight is 791 g/mol. The lowest BCUT2D eigenvalue weighted by atomic mass is 9.67. The van der Waals surface area contributed by atoms with Crippen molar-refractivity contribution < 1.29 is 0 Å². The van der Waals surface area contributed by atoms with Crippen LogP contribution in [-0.4, -0.2) is 19.5 Å². The van der Waals surface area contributed by atoms with Crippen molar-refractivity contribution in [1.82, 2.24) is 19.5 Å². The average Bonchev–Trinajstić information content (AvgIpc) is 3.86. The van der Waals surface area contributed by atoms with Gasteiger partial charge in [0.2, 0.25) is 0 Å². The molecule has 0 saturated heterocycles. The minimum absolute atomic E-state index is 0.570. The van der Waals surface area contributed by atoms with Crippen molar-refractivity contribution >= 4 is 21.8 Å². The molecule has 4 heteroatoms. The van der Waals surface area contributed by atoms with Crippen LogP contribution in [-0.2, 0) is 5.41 Å². The minimum atomic E-state index is -0.570. The lowest BCUT2D eigenvalue weighted by molar-refractivity contribution is 0.769. The third kappa shape index (κ3) is 5.50. The number of nitrogens with zero attached hydrogens (tertiary/aromatic N) is 4. The van der Waals surface area contributed by atoms with Gasteiger partial charge in [-0.2, -0.15) is 0 Å². The van der Waals surface area contributed by atoms with E-state index in [4.69, 9.17) is 15.0 Å². The molecule has 2 aromatic heterocycles. The van der Waals surface area contributed by atoms with E-state index in [1.165, 1.54) is 55.2 Å². The quantitative estimate of drug-likeness (QED) is 0.161. The van der Waals surface area contributed by atoms with Gasteiger partial charge < -0.3 is 4.57 Å². The molecule has 0 saturated carbocycles. The fraction of sp³-hybridized carbons (Fsp3) is 0.0172. The number of benzene rings is 9. The highest BCUT2D eigenvalue weighted by molar-refractivity contribution is 6.22. The first-order valence-corrected chi connectivity index (χ1v) is 21.1. The van der Waals surface area contributed by atoms with Crippen LogP contribution in [0.4, 0.5) is 0 Å². The molecule has 0 fully saturated rings. The highest BCUT2D eigenvalue weighted by Crippen LogP contribution is 2.60. The Morgan fingerprint density at radius 3 is 1.39 bits per heavy atom. The molecule has 0 unspecified atom stereocenters. The van der Waals surface area contributed by atoms with Gasteiger partial charge in [-0.15, -0.1) is 0 Å². The lowest BCUT2D eigenvalue weighted by Gasteiger charge is -2.34. The van der Waals surface area contributed by atoms with Crippen molar-refractivity contribution in [3.05, 3.63) is 253 Å². The normalized spacial score (nSPS) is 12.6. The monoisotopic (exact) mass is 790 g/mol. The summed E-state index contributed by atoms with van der Waals surface area (Å²) < 4.78 is 2.46. The van der Waals surface area contributed by atoms with Gasteiger partial charge in [0.1, 0.15) is 0 Å². The van der Waals surface area contributed by atoms with Crippen LogP contribution in [0.5, 0.6) is 0 Å². The summed E-state index contributed by atoms with van der Waals surface area (Å²) in [7, 11) is 0. The molecule has 1 aliphatic rings. The summed E-state index contributed by atoms with van der Waals surface area (Å²) in [4.78, 5) is 15.1. The van der Waals surface area contributed by atoms with E-state index in [1.807, 2.05) is 60.7 Å². The standard InChI is InChI=1S/C58H38N4/c1-6-20-40(21-7-1)55-59-56(41-22-8-2-9-23-41)61-57(60-55)42-36-34-39(35-37-42)48-38-50-52(53-47-31-17-19-33-51(47)62(54(48)53)45-28-14-5-15-29-45)46-30-16-18-32-49(46)58(50,43-24-10-3-11-25-43)44-26-12-4-13-27-44/h1-38H. The van der Waals surface area contributed by atoms with E-state index in [-0.39, 0.29) is 0 Å². The van der Waals surface area contributed by atoms with Crippen molar-refractivity contribution in [2.24, 2.45) is 0 Å². The molecule has 0 aliphatic heterocycles. The zero-order valence-electron chi connectivity index (χ0n) is 33.7. The highest BCUT2D eigenvalue weighted by Gasteiger charge is 2.47. The van der Waals surface area contributed by atoms with Crippen LogP contribution < -0.4 is 0 Å². The number of para-hydroxylation sites is 2. The van der Waals surface area contributed by atoms with E-state index in [1.54, 1.807) is 0 Å². The Morgan fingerprint density at radius 1 is 0.355 bits per heavy atom. The lowest BCUT2D eigenvalue weighted by Crippen LogP contribution is -2.28. The molecular formula is C58H38N4. The molecule has 1 aliphatic carbocycles. The largest absolute Gasteiger partial charge is 0.309 e. The van der Waals surface area contributed by atoms with Crippen LogP contribution in [0.2, 0.25) is 0 Å². The van der Waals surface area contributed by atoms with Gasteiger partial charge >= 0.3 is 0 Å². The summed E-state index contributed by atoms with van der Waals surface area (Å²) in [5, 5.41) is 2.47. The van der Waals surface area contributed by atoms with Crippen LogP contribution in [0.1, 0.15) is 22.3 Å². The van der Waals surface area contributed by atoms with Gasteiger partial charge in [0.05, 0.1) is 16.4 Å². The third-order valence-electron chi connectivity index (χ3n) is 12.5. The van der Waals surface area contributed by atoms with E-state index in [0.29, 0.717) is 17.5 Å². The second kappa shape index (κ2) is 14.5. The zero-order valence-corrected chi connectivity index (χ0v) is 33.7. The topological polar surface area (TPSA) is 43.6 Å². The van der Waals surface area contributed by atoms with Crippen molar-refractivity contribution in [2.75, 3.05) is 0 Å². The van der Waals surface area contributed by atoms with E-state index in [2.05, 4.69) is 174 Å². The molecule has 12 rings (SSSR count). The minimum Gasteiger partial charge on any atom is -0.309 e.